The van der Waals surface area contributed by atoms with E-state index in [1.165, 1.54) is 19.4 Å². The molecule has 3 N–H and O–H groups in total. The van der Waals surface area contributed by atoms with Crippen molar-refractivity contribution in [3.8, 4) is 0 Å². The smallest absolute Gasteiger partial charge is 0.220 e. The van der Waals surface area contributed by atoms with Gasteiger partial charge in [0.2, 0.25) is 5.91 Å². The van der Waals surface area contributed by atoms with Crippen LogP contribution < -0.4 is 11.1 Å². The van der Waals surface area contributed by atoms with Crippen LogP contribution in [0.4, 0.5) is 0 Å². The Labute approximate surface area is 105 Å². The monoisotopic (exact) mass is 241 g/mol. The molecule has 1 fully saturated rings. The number of likely N-dealkylation sites (tertiary alicyclic amines) is 1. The second kappa shape index (κ2) is 8.48. The minimum atomic E-state index is 0.169. The molecule has 1 heterocycles. The molecule has 0 saturated carbocycles. The predicted octanol–water partition coefficient (Wildman–Crippen LogP) is 1.11. The van der Waals surface area contributed by atoms with Crippen molar-refractivity contribution in [2.45, 2.75) is 51.5 Å². The topological polar surface area (TPSA) is 58.4 Å². The summed E-state index contributed by atoms with van der Waals surface area (Å²) in [5.74, 6) is 0.169. The minimum absolute atomic E-state index is 0.169. The van der Waals surface area contributed by atoms with E-state index in [4.69, 9.17) is 5.73 Å². The highest BCUT2D eigenvalue weighted by Gasteiger charge is 2.19. The Balaban J connectivity index is 2.12. The van der Waals surface area contributed by atoms with Crippen LogP contribution in [0.5, 0.6) is 0 Å². The Morgan fingerprint density at radius 1 is 1.35 bits per heavy atom. The molecule has 4 heteroatoms. The summed E-state index contributed by atoms with van der Waals surface area (Å²) in [4.78, 5) is 14.0. The lowest BCUT2D eigenvalue weighted by Gasteiger charge is -2.32. The van der Waals surface area contributed by atoms with Crippen molar-refractivity contribution in [3.63, 3.8) is 0 Å². The van der Waals surface area contributed by atoms with E-state index in [-0.39, 0.29) is 5.91 Å². The first-order chi connectivity index (χ1) is 8.26. The van der Waals surface area contributed by atoms with Crippen LogP contribution in [0.2, 0.25) is 0 Å². The number of amides is 1. The van der Waals surface area contributed by atoms with Crippen LogP contribution in [0, 0.1) is 0 Å². The van der Waals surface area contributed by atoms with Crippen molar-refractivity contribution >= 4 is 5.91 Å². The van der Waals surface area contributed by atoms with Crippen molar-refractivity contribution in [2.24, 2.45) is 5.73 Å². The van der Waals surface area contributed by atoms with Crippen molar-refractivity contribution in [2.75, 3.05) is 26.2 Å². The summed E-state index contributed by atoms with van der Waals surface area (Å²) in [6, 6.07) is 0.387. The highest BCUT2D eigenvalue weighted by molar-refractivity contribution is 5.76. The number of piperidine rings is 1. The maximum absolute atomic E-state index is 11.5. The van der Waals surface area contributed by atoms with E-state index < -0.39 is 0 Å². The largest absolute Gasteiger partial charge is 0.353 e. The third-order valence-corrected chi connectivity index (χ3v) is 3.39. The first-order valence-corrected chi connectivity index (χ1v) is 6.98. The third-order valence-electron chi connectivity index (χ3n) is 3.39. The van der Waals surface area contributed by atoms with Crippen LogP contribution in [0.15, 0.2) is 0 Å². The molecule has 0 atom stereocenters. The SMILES string of the molecule is CCCCN1CCC(NC(=O)CCCN)CC1. The number of carbonyl (C=O) groups excluding carboxylic acids is 1. The summed E-state index contributed by atoms with van der Waals surface area (Å²) < 4.78 is 0. The number of hydrogen-bond donors (Lipinski definition) is 2. The van der Waals surface area contributed by atoms with E-state index in [0.717, 1.165) is 32.4 Å². The maximum Gasteiger partial charge on any atom is 0.220 e. The van der Waals surface area contributed by atoms with E-state index in [0.29, 0.717) is 19.0 Å². The van der Waals surface area contributed by atoms with Gasteiger partial charge in [-0.3, -0.25) is 4.79 Å². The van der Waals surface area contributed by atoms with Gasteiger partial charge < -0.3 is 16.0 Å². The summed E-state index contributed by atoms with van der Waals surface area (Å²) in [6.07, 6.45) is 6.10. The Bertz CT molecular complexity index is 213. The van der Waals surface area contributed by atoms with E-state index in [9.17, 15) is 4.79 Å². The molecule has 0 aromatic heterocycles. The van der Waals surface area contributed by atoms with Crippen molar-refractivity contribution in [1.82, 2.24) is 10.2 Å². The standard InChI is InChI=1S/C13H27N3O/c1-2-3-9-16-10-6-12(7-11-16)15-13(17)5-4-8-14/h12H,2-11,14H2,1H3,(H,15,17). The van der Waals surface area contributed by atoms with E-state index >= 15 is 0 Å². The molecule has 0 unspecified atom stereocenters. The van der Waals surface area contributed by atoms with Gasteiger partial charge in [-0.1, -0.05) is 13.3 Å². The van der Waals surface area contributed by atoms with Gasteiger partial charge in [-0.2, -0.15) is 0 Å². The highest BCUT2D eigenvalue weighted by Crippen LogP contribution is 2.11. The van der Waals surface area contributed by atoms with Gasteiger partial charge in [0, 0.05) is 25.6 Å². The number of nitrogens with one attached hydrogen (secondary N) is 1. The van der Waals surface area contributed by atoms with Crippen LogP contribution in [-0.2, 0) is 4.79 Å². The van der Waals surface area contributed by atoms with Gasteiger partial charge in [-0.25, -0.2) is 0 Å². The molecular formula is C13H27N3O. The summed E-state index contributed by atoms with van der Waals surface area (Å²) in [6.45, 7) is 6.29. The minimum Gasteiger partial charge on any atom is -0.353 e. The molecule has 0 aliphatic carbocycles. The fourth-order valence-electron chi connectivity index (χ4n) is 2.25. The van der Waals surface area contributed by atoms with Crippen molar-refractivity contribution in [1.29, 1.82) is 0 Å². The highest BCUT2D eigenvalue weighted by atomic mass is 16.1. The lowest BCUT2D eigenvalue weighted by molar-refractivity contribution is -0.122. The third kappa shape index (κ3) is 6.03. The molecule has 0 radical (unpaired) electrons. The van der Waals surface area contributed by atoms with Gasteiger partial charge in [-0.15, -0.1) is 0 Å². The molecule has 100 valence electrons. The second-order valence-electron chi connectivity index (χ2n) is 4.93. The predicted molar refractivity (Wildman–Crippen MR) is 70.8 cm³/mol. The Morgan fingerprint density at radius 3 is 2.65 bits per heavy atom. The second-order valence-corrected chi connectivity index (χ2v) is 4.93. The average molecular weight is 241 g/mol. The van der Waals surface area contributed by atoms with Crippen LogP contribution in [0.25, 0.3) is 0 Å². The zero-order chi connectivity index (χ0) is 12.5. The summed E-state index contributed by atoms with van der Waals surface area (Å²) in [5, 5.41) is 3.11. The number of rotatable bonds is 7. The quantitative estimate of drug-likeness (QED) is 0.702. The van der Waals surface area contributed by atoms with Crippen molar-refractivity contribution < 1.29 is 4.79 Å². The van der Waals surface area contributed by atoms with Crippen LogP contribution in [0.3, 0.4) is 0 Å². The summed E-state index contributed by atoms with van der Waals surface area (Å²) in [7, 11) is 0. The maximum atomic E-state index is 11.5. The van der Waals surface area contributed by atoms with E-state index in [2.05, 4.69) is 17.1 Å². The van der Waals surface area contributed by atoms with Crippen LogP contribution >= 0.6 is 0 Å². The van der Waals surface area contributed by atoms with E-state index in [1.54, 1.807) is 0 Å². The number of nitrogens with zero attached hydrogens (tertiary/aromatic N) is 1. The Hall–Kier alpha value is -0.610. The number of unbranched alkanes of at least 4 members (excludes halogenated alkanes) is 1. The van der Waals surface area contributed by atoms with Gasteiger partial charge in [-0.05, 0) is 38.8 Å². The van der Waals surface area contributed by atoms with Gasteiger partial charge in [0.25, 0.3) is 0 Å². The normalized spacial score (nSPS) is 18.2. The number of hydrogen-bond acceptors (Lipinski definition) is 3. The molecule has 4 nitrogen and oxygen atoms in total. The first-order valence-electron chi connectivity index (χ1n) is 6.98. The Kier molecular flexibility index (Phi) is 7.21. The summed E-state index contributed by atoms with van der Waals surface area (Å²) >= 11 is 0. The van der Waals surface area contributed by atoms with Gasteiger partial charge in [0.15, 0.2) is 0 Å². The molecule has 1 aliphatic heterocycles. The number of nitrogens with two attached hydrogens (primary N) is 1. The molecule has 0 aromatic rings. The first kappa shape index (κ1) is 14.5. The molecule has 0 aromatic carbocycles. The lowest BCUT2D eigenvalue weighted by Crippen LogP contribution is -2.44. The fraction of sp³-hybridized carbons (Fsp3) is 0.923. The molecule has 0 bridgehead atoms. The molecule has 1 saturated heterocycles. The zero-order valence-electron chi connectivity index (χ0n) is 11.1. The number of carbonyl (C=O) groups is 1. The van der Waals surface area contributed by atoms with Crippen LogP contribution in [-0.4, -0.2) is 43.0 Å². The van der Waals surface area contributed by atoms with Gasteiger partial charge in [0.1, 0.15) is 0 Å². The van der Waals surface area contributed by atoms with Gasteiger partial charge in [0.05, 0.1) is 0 Å². The lowest BCUT2D eigenvalue weighted by atomic mass is 10.0. The molecule has 0 spiro atoms. The molecule has 17 heavy (non-hydrogen) atoms. The molecular weight excluding hydrogens is 214 g/mol. The zero-order valence-corrected chi connectivity index (χ0v) is 11.1. The molecule has 1 aliphatic rings. The molecule has 1 rings (SSSR count). The average Bonchev–Trinajstić information content (AvgIpc) is 2.35. The molecule has 1 amide bonds. The van der Waals surface area contributed by atoms with Crippen LogP contribution in [0.1, 0.15) is 45.4 Å². The van der Waals surface area contributed by atoms with Crippen molar-refractivity contribution in [3.05, 3.63) is 0 Å². The fourth-order valence-corrected chi connectivity index (χ4v) is 2.25. The van der Waals surface area contributed by atoms with E-state index in [1.807, 2.05) is 0 Å². The Morgan fingerprint density at radius 2 is 2.06 bits per heavy atom. The van der Waals surface area contributed by atoms with Gasteiger partial charge >= 0.3 is 0 Å². The summed E-state index contributed by atoms with van der Waals surface area (Å²) in [5.41, 5.74) is 5.39.